The second-order valence-electron chi connectivity index (χ2n) is 4.57. The van der Waals surface area contributed by atoms with E-state index in [0.717, 1.165) is 5.76 Å². The van der Waals surface area contributed by atoms with Gasteiger partial charge in [-0.3, -0.25) is 9.78 Å². The van der Waals surface area contributed by atoms with Crippen molar-refractivity contribution in [3.05, 3.63) is 52.7 Å². The van der Waals surface area contributed by atoms with Crippen LogP contribution in [-0.4, -0.2) is 9.97 Å². The fourth-order valence-corrected chi connectivity index (χ4v) is 2.04. The third kappa shape index (κ3) is 2.23. The summed E-state index contributed by atoms with van der Waals surface area (Å²) in [6.07, 6.45) is 1.60. The van der Waals surface area contributed by atoms with Crippen molar-refractivity contribution in [3.8, 4) is 0 Å². The molecule has 0 amide bonds. The first-order chi connectivity index (χ1) is 9.63. The van der Waals surface area contributed by atoms with E-state index in [2.05, 4.69) is 15.3 Å². The first-order valence-corrected chi connectivity index (χ1v) is 6.23. The maximum Gasteiger partial charge on any atom is 0.260 e. The number of hydrogen-bond donors (Lipinski definition) is 3. The van der Waals surface area contributed by atoms with E-state index in [1.807, 2.05) is 19.1 Å². The molecule has 3 rings (SSSR count). The van der Waals surface area contributed by atoms with Gasteiger partial charge in [-0.1, -0.05) is 0 Å². The van der Waals surface area contributed by atoms with Crippen molar-refractivity contribution in [1.82, 2.24) is 9.97 Å². The lowest BCUT2D eigenvalue weighted by Gasteiger charge is -2.12. The smallest absolute Gasteiger partial charge is 0.260 e. The molecule has 20 heavy (non-hydrogen) atoms. The molecule has 1 aromatic carbocycles. The van der Waals surface area contributed by atoms with Crippen molar-refractivity contribution in [3.63, 3.8) is 0 Å². The van der Waals surface area contributed by atoms with Crippen LogP contribution in [0.15, 0.2) is 45.8 Å². The Kier molecular flexibility index (Phi) is 2.90. The van der Waals surface area contributed by atoms with Crippen LogP contribution in [0.5, 0.6) is 0 Å². The van der Waals surface area contributed by atoms with Crippen LogP contribution in [0.25, 0.3) is 10.9 Å². The lowest BCUT2D eigenvalue weighted by Crippen LogP contribution is -2.15. The summed E-state index contributed by atoms with van der Waals surface area (Å²) >= 11 is 0. The molecule has 0 fully saturated rings. The van der Waals surface area contributed by atoms with Gasteiger partial charge in [-0.2, -0.15) is 0 Å². The first-order valence-electron chi connectivity index (χ1n) is 6.23. The van der Waals surface area contributed by atoms with Gasteiger partial charge < -0.3 is 15.5 Å². The minimum absolute atomic E-state index is 0.0978. The van der Waals surface area contributed by atoms with Crippen molar-refractivity contribution in [2.24, 2.45) is 0 Å². The summed E-state index contributed by atoms with van der Waals surface area (Å²) in [5.74, 6) is 1.17. The largest absolute Gasteiger partial charge is 0.467 e. The van der Waals surface area contributed by atoms with E-state index in [1.54, 1.807) is 24.5 Å². The molecule has 102 valence electrons. The van der Waals surface area contributed by atoms with Gasteiger partial charge in [0.2, 0.25) is 5.95 Å². The van der Waals surface area contributed by atoms with Crippen LogP contribution in [0.4, 0.5) is 11.6 Å². The number of aromatic amines is 1. The molecule has 0 aliphatic rings. The second kappa shape index (κ2) is 4.73. The maximum atomic E-state index is 12.0. The minimum Gasteiger partial charge on any atom is -0.467 e. The zero-order chi connectivity index (χ0) is 14.1. The summed E-state index contributed by atoms with van der Waals surface area (Å²) in [7, 11) is 0. The average Bonchev–Trinajstić information content (AvgIpc) is 2.94. The predicted octanol–water partition coefficient (Wildman–Crippen LogP) is 2.27. The van der Waals surface area contributed by atoms with Gasteiger partial charge >= 0.3 is 0 Å². The highest BCUT2D eigenvalue weighted by molar-refractivity contribution is 5.81. The molecule has 0 aliphatic carbocycles. The van der Waals surface area contributed by atoms with Gasteiger partial charge in [0.05, 0.1) is 23.2 Å². The summed E-state index contributed by atoms with van der Waals surface area (Å²) in [6, 6.07) is 8.63. The number of nitrogen functional groups attached to an aromatic ring is 1. The van der Waals surface area contributed by atoms with Crippen molar-refractivity contribution < 1.29 is 4.42 Å². The van der Waals surface area contributed by atoms with E-state index in [9.17, 15) is 4.79 Å². The topological polar surface area (TPSA) is 96.9 Å². The molecule has 0 radical (unpaired) electrons. The molecule has 6 nitrogen and oxygen atoms in total. The summed E-state index contributed by atoms with van der Waals surface area (Å²) < 4.78 is 5.30. The Morgan fingerprint density at radius 3 is 3.00 bits per heavy atom. The van der Waals surface area contributed by atoms with Gasteiger partial charge in [0.25, 0.3) is 5.56 Å². The predicted molar refractivity (Wildman–Crippen MR) is 77.5 cm³/mol. The molecule has 0 spiro atoms. The number of aromatic nitrogens is 2. The number of nitrogens with one attached hydrogen (secondary N) is 2. The summed E-state index contributed by atoms with van der Waals surface area (Å²) in [5.41, 5.74) is 6.57. The summed E-state index contributed by atoms with van der Waals surface area (Å²) in [5, 5.41) is 3.57. The average molecular weight is 270 g/mol. The van der Waals surface area contributed by atoms with Gasteiger partial charge in [-0.05, 0) is 37.3 Å². The SMILES string of the molecule is CC(Nc1nc2ccc(N)cc2c(=O)[nH]1)c1ccco1. The van der Waals surface area contributed by atoms with Gasteiger partial charge in [-0.15, -0.1) is 0 Å². The highest BCUT2D eigenvalue weighted by Gasteiger charge is 2.10. The number of H-pyrrole nitrogens is 1. The number of furan rings is 1. The van der Waals surface area contributed by atoms with Crippen LogP contribution in [-0.2, 0) is 0 Å². The zero-order valence-corrected chi connectivity index (χ0v) is 10.9. The molecule has 0 saturated carbocycles. The van der Waals surface area contributed by atoms with E-state index in [1.165, 1.54) is 0 Å². The van der Waals surface area contributed by atoms with Crippen molar-refractivity contribution >= 4 is 22.5 Å². The van der Waals surface area contributed by atoms with Gasteiger partial charge in [0.15, 0.2) is 0 Å². The number of anilines is 2. The normalized spacial score (nSPS) is 12.4. The van der Waals surface area contributed by atoms with Crippen molar-refractivity contribution in [2.75, 3.05) is 11.1 Å². The second-order valence-corrected chi connectivity index (χ2v) is 4.57. The fourth-order valence-electron chi connectivity index (χ4n) is 2.04. The Bertz CT molecular complexity index is 793. The van der Waals surface area contributed by atoms with Crippen LogP contribution in [0, 0.1) is 0 Å². The molecule has 0 bridgehead atoms. The minimum atomic E-state index is -0.226. The molecule has 1 unspecified atom stereocenters. The third-order valence-corrected chi connectivity index (χ3v) is 3.05. The maximum absolute atomic E-state index is 12.0. The number of hydrogen-bond acceptors (Lipinski definition) is 5. The molecule has 1 atom stereocenters. The molecule has 3 aromatic rings. The molecular formula is C14H14N4O2. The van der Waals surface area contributed by atoms with Gasteiger partial charge in [0, 0.05) is 5.69 Å². The van der Waals surface area contributed by atoms with Crippen LogP contribution in [0.2, 0.25) is 0 Å². The lowest BCUT2D eigenvalue weighted by molar-refractivity contribution is 0.489. The van der Waals surface area contributed by atoms with Gasteiger partial charge in [-0.25, -0.2) is 4.98 Å². The Morgan fingerprint density at radius 1 is 1.40 bits per heavy atom. The molecule has 2 aromatic heterocycles. The molecule has 6 heteroatoms. The molecular weight excluding hydrogens is 256 g/mol. The van der Waals surface area contributed by atoms with Crippen molar-refractivity contribution in [1.29, 1.82) is 0 Å². The van der Waals surface area contributed by atoms with E-state index in [0.29, 0.717) is 22.5 Å². The van der Waals surface area contributed by atoms with Crippen LogP contribution in [0.3, 0.4) is 0 Å². The fraction of sp³-hybridized carbons (Fsp3) is 0.143. The molecule has 2 heterocycles. The first kappa shape index (κ1) is 12.3. The van der Waals surface area contributed by atoms with Crippen LogP contribution >= 0.6 is 0 Å². The highest BCUT2D eigenvalue weighted by Crippen LogP contribution is 2.18. The van der Waals surface area contributed by atoms with E-state index >= 15 is 0 Å². The number of rotatable bonds is 3. The number of benzene rings is 1. The highest BCUT2D eigenvalue weighted by atomic mass is 16.3. The number of nitrogens with two attached hydrogens (primary N) is 1. The number of nitrogens with zero attached hydrogens (tertiary/aromatic N) is 1. The third-order valence-electron chi connectivity index (χ3n) is 3.05. The van der Waals surface area contributed by atoms with E-state index < -0.39 is 0 Å². The Morgan fingerprint density at radius 2 is 2.25 bits per heavy atom. The Labute approximate surface area is 114 Å². The van der Waals surface area contributed by atoms with Crippen molar-refractivity contribution in [2.45, 2.75) is 13.0 Å². The monoisotopic (exact) mass is 270 g/mol. The van der Waals surface area contributed by atoms with E-state index in [4.69, 9.17) is 10.2 Å². The lowest BCUT2D eigenvalue weighted by atomic mass is 10.2. The summed E-state index contributed by atoms with van der Waals surface area (Å²) in [4.78, 5) is 19.1. The molecule has 0 saturated heterocycles. The van der Waals surface area contributed by atoms with Crippen LogP contribution < -0.4 is 16.6 Å². The van der Waals surface area contributed by atoms with Crippen LogP contribution in [0.1, 0.15) is 18.7 Å². The molecule has 4 N–H and O–H groups in total. The Balaban J connectivity index is 1.97. The molecule has 0 aliphatic heterocycles. The Hall–Kier alpha value is -2.76. The quantitative estimate of drug-likeness (QED) is 0.634. The standard InChI is InChI=1S/C14H14N4O2/c1-8(12-3-2-6-20-12)16-14-17-11-5-4-9(15)7-10(11)13(19)18-14/h2-8H,15H2,1H3,(H2,16,17,18,19). The van der Waals surface area contributed by atoms with E-state index in [-0.39, 0.29) is 11.6 Å². The van der Waals surface area contributed by atoms with Gasteiger partial charge in [0.1, 0.15) is 5.76 Å². The zero-order valence-electron chi connectivity index (χ0n) is 10.9. The number of fused-ring (bicyclic) bond motifs is 1. The summed E-state index contributed by atoms with van der Waals surface area (Å²) in [6.45, 7) is 1.92.